The number of nitrogens with one attached hydrogen (secondary N) is 1. The number of esters is 4. The number of piperazine rings is 4. The number of imidazole rings is 5. The first-order valence-electron chi connectivity index (χ1n) is 40.3. The number of pyridine rings is 7. The zero-order chi connectivity index (χ0) is 92.4. The lowest BCUT2D eigenvalue weighted by Crippen LogP contribution is -2.45. The number of hydrogen-bond acceptors (Lipinski definition) is 28. The highest BCUT2D eigenvalue weighted by molar-refractivity contribution is 9.11. The van der Waals surface area contributed by atoms with Crippen molar-refractivity contribution in [3.05, 3.63) is 217 Å². The lowest BCUT2D eigenvalue weighted by molar-refractivity contribution is -0.152. The molecule has 16 rings (SSSR count). The van der Waals surface area contributed by atoms with Gasteiger partial charge in [-0.1, -0.05) is 58.4 Å². The average molecular weight is 2020 g/mol. The zero-order valence-electron chi connectivity index (χ0n) is 71.9. The summed E-state index contributed by atoms with van der Waals surface area (Å²) in [6, 6.07) is 35.9. The second-order valence-corrected chi connectivity index (χ2v) is 31.2. The number of allylic oxidation sites excluding steroid dienone is 1. The van der Waals surface area contributed by atoms with Crippen LogP contribution in [0.25, 0.3) is 34.3 Å². The Morgan fingerprint density at radius 3 is 1.27 bits per heavy atom. The molecule has 0 spiro atoms. The van der Waals surface area contributed by atoms with Crippen molar-refractivity contribution in [1.29, 1.82) is 0 Å². The van der Waals surface area contributed by atoms with Crippen LogP contribution in [-0.2, 0) is 33.3 Å². The SMILES string of the molecule is CC(=O)/C=C/c1nc2cccc(N3CCN(C)CC3)n2c1F.CCOC(=O)C(=O)CBr.CCOC(=O)c1cn2c(Br)cccc2n1.CCOC(=O)c1nc2cccc(Br)n2c1F.CCOC(=O)c1nc2cccc(N3CCN(C)CC3)n2c1F.CN1CCN(c2cccc3nc(C=O)c(F)n23)CC1.CN1CCNCC1.Cc1cccnc1C=O.Nc1cccc(Br)n1. The smallest absolute Gasteiger partial charge is 0.375 e. The van der Waals surface area contributed by atoms with E-state index in [2.05, 4.69) is 171 Å². The van der Waals surface area contributed by atoms with Crippen molar-refractivity contribution < 1.29 is 74.9 Å². The van der Waals surface area contributed by atoms with Crippen LogP contribution in [-0.4, -0.2) is 289 Å². The van der Waals surface area contributed by atoms with Crippen molar-refractivity contribution in [2.45, 2.75) is 41.5 Å². The van der Waals surface area contributed by atoms with E-state index in [9.17, 15) is 55.9 Å². The number of nitrogens with zero attached hydrogens (tertiary/aromatic N) is 19. The van der Waals surface area contributed by atoms with E-state index in [4.69, 9.17) is 19.9 Å². The minimum absolute atomic E-state index is 0.0336. The second kappa shape index (κ2) is 50.9. The van der Waals surface area contributed by atoms with Gasteiger partial charge in [0.1, 0.15) is 67.5 Å². The van der Waals surface area contributed by atoms with Crippen LogP contribution in [0.15, 0.2) is 154 Å². The number of rotatable bonds is 16. The van der Waals surface area contributed by atoms with E-state index in [1.54, 1.807) is 87.0 Å². The number of nitrogen functional groups attached to an aromatic ring is 1. The number of likely N-dealkylation sites (N-methyl/N-ethyl adjacent to an activating group) is 4. The van der Waals surface area contributed by atoms with Crippen molar-refractivity contribution in [2.24, 2.45) is 0 Å². The number of ketones is 2. The molecule has 33 nitrogen and oxygen atoms in total. The predicted octanol–water partition coefficient (Wildman–Crippen LogP) is 11.6. The third-order valence-corrected chi connectivity index (χ3v) is 21.3. The van der Waals surface area contributed by atoms with Gasteiger partial charge in [0, 0.05) is 117 Å². The molecule has 4 saturated heterocycles. The van der Waals surface area contributed by atoms with Gasteiger partial charge in [0.05, 0.1) is 41.0 Å². The van der Waals surface area contributed by atoms with Crippen LogP contribution < -0.4 is 25.8 Å². The number of alkyl halides is 1. The maximum absolute atomic E-state index is 14.7. The maximum atomic E-state index is 14.7. The van der Waals surface area contributed by atoms with Crippen LogP contribution >= 0.6 is 63.7 Å². The van der Waals surface area contributed by atoms with Crippen LogP contribution in [0.5, 0.6) is 0 Å². The molecule has 12 aromatic rings. The molecule has 0 saturated carbocycles. The number of carbonyl (C=O) groups is 8. The lowest BCUT2D eigenvalue weighted by Gasteiger charge is -2.34. The topological polar surface area (TPSA) is 346 Å². The molecule has 0 radical (unpaired) electrons. The molecule has 4 aliphatic rings. The molecule has 12 aromatic heterocycles. The molecule has 3 N–H and O–H groups in total. The Bertz CT molecular complexity index is 5710. The number of aldehydes is 2. The summed E-state index contributed by atoms with van der Waals surface area (Å²) in [5.41, 5.74) is 9.09. The van der Waals surface area contributed by atoms with Crippen LogP contribution in [0, 0.1) is 30.7 Å². The molecule has 4 aliphatic heterocycles. The molecule has 0 atom stereocenters. The third-order valence-electron chi connectivity index (χ3n) is 19.1. The number of aryl methyl sites for hydroxylation is 1. The number of aromatic nitrogens is 12. The summed E-state index contributed by atoms with van der Waals surface area (Å²) in [5.74, 6) is -2.91. The summed E-state index contributed by atoms with van der Waals surface area (Å²) in [7, 11) is 8.37. The third kappa shape index (κ3) is 28.8. The summed E-state index contributed by atoms with van der Waals surface area (Å²) in [6.07, 6.45) is 7.23. The molecule has 4 fully saturated rings. The fourth-order valence-electron chi connectivity index (χ4n) is 12.4. The molecule has 0 bridgehead atoms. The summed E-state index contributed by atoms with van der Waals surface area (Å²) in [5, 5.41) is 3.31. The van der Waals surface area contributed by atoms with E-state index in [0.717, 1.165) is 124 Å². The van der Waals surface area contributed by atoms with Crippen LogP contribution in [0.4, 0.5) is 40.8 Å². The van der Waals surface area contributed by atoms with Crippen LogP contribution in [0.3, 0.4) is 0 Å². The molecule has 41 heteroatoms. The Kier molecular flexibility index (Phi) is 40.5. The van der Waals surface area contributed by atoms with E-state index >= 15 is 0 Å². The molecule has 127 heavy (non-hydrogen) atoms. The largest absolute Gasteiger partial charge is 0.461 e. The Labute approximate surface area is 764 Å². The van der Waals surface area contributed by atoms with E-state index < -0.39 is 53.5 Å². The molecular weight excluding hydrogens is 1910 g/mol. The van der Waals surface area contributed by atoms with Gasteiger partial charge in [0.2, 0.25) is 41.0 Å². The number of halogens is 8. The zero-order valence-corrected chi connectivity index (χ0v) is 78.2. The molecule has 0 amide bonds. The molecule has 678 valence electrons. The average Bonchev–Trinajstić information content (AvgIpc) is 1.66. The van der Waals surface area contributed by atoms with Crippen LogP contribution in [0.2, 0.25) is 0 Å². The van der Waals surface area contributed by atoms with Crippen LogP contribution in [0.1, 0.15) is 98.3 Å². The quantitative estimate of drug-likeness (QED) is 0.0133. The number of ether oxygens (including phenoxy) is 4. The van der Waals surface area contributed by atoms with Gasteiger partial charge in [0.25, 0.3) is 0 Å². The summed E-state index contributed by atoms with van der Waals surface area (Å²) in [4.78, 5) is 131. The highest BCUT2D eigenvalue weighted by Crippen LogP contribution is 2.27. The minimum Gasteiger partial charge on any atom is -0.461 e. The van der Waals surface area contributed by atoms with E-state index in [1.807, 2.05) is 85.8 Å². The van der Waals surface area contributed by atoms with Crippen molar-refractivity contribution in [2.75, 3.05) is 185 Å². The monoisotopic (exact) mass is 2010 g/mol. The van der Waals surface area contributed by atoms with E-state index in [-0.39, 0.29) is 53.7 Å². The van der Waals surface area contributed by atoms with Gasteiger partial charge in [-0.25, -0.2) is 49.1 Å². The van der Waals surface area contributed by atoms with Gasteiger partial charge >= 0.3 is 23.9 Å². The van der Waals surface area contributed by atoms with Crippen molar-refractivity contribution in [3.63, 3.8) is 0 Å². The first-order valence-corrected chi connectivity index (χ1v) is 43.8. The highest BCUT2D eigenvalue weighted by Gasteiger charge is 2.28. The molecule has 0 aliphatic carbocycles. The molecule has 0 aromatic carbocycles. The fourth-order valence-corrected chi connectivity index (χ4v) is 13.9. The van der Waals surface area contributed by atoms with Gasteiger partial charge in [0.15, 0.2) is 29.7 Å². The number of hydrogen-bond donors (Lipinski definition) is 2. The van der Waals surface area contributed by atoms with Gasteiger partial charge < -0.3 is 64.3 Å². The Morgan fingerprint density at radius 2 is 0.866 bits per heavy atom. The Balaban J connectivity index is 0.000000181. The van der Waals surface area contributed by atoms with Gasteiger partial charge in [-0.05, 0) is 214 Å². The summed E-state index contributed by atoms with van der Waals surface area (Å²) < 4.78 is 85.6. The number of anilines is 4. The number of nitrogens with two attached hydrogens (primary N) is 1. The van der Waals surface area contributed by atoms with Crippen molar-refractivity contribution in [1.82, 2.24) is 81.8 Å². The second-order valence-electron chi connectivity index (χ2n) is 28.2. The molecular formula is C86H101Br4F4N21O12. The normalized spacial score (nSPS) is 14.1. The number of carbonyl (C=O) groups excluding carboxylic acids is 8. The first kappa shape index (κ1) is 101. The van der Waals surface area contributed by atoms with Gasteiger partial charge in [-0.2, -0.15) is 17.6 Å². The van der Waals surface area contributed by atoms with Crippen molar-refractivity contribution >= 4 is 169 Å². The number of fused-ring (bicyclic) bond motifs is 5. The predicted molar refractivity (Wildman–Crippen MR) is 490 cm³/mol. The van der Waals surface area contributed by atoms with Gasteiger partial charge in [-0.15, -0.1) is 0 Å². The summed E-state index contributed by atoms with van der Waals surface area (Å²) in [6.45, 7) is 26.4. The molecule has 0 unspecified atom stereocenters. The maximum Gasteiger partial charge on any atom is 0.375 e. The lowest BCUT2D eigenvalue weighted by atomic mass is 10.2. The van der Waals surface area contributed by atoms with E-state index in [0.29, 0.717) is 68.8 Å². The standard InChI is InChI=1S/C16H19FN4O.C15H19FN4O2.C13H15FN4O.C10H8BrFN2O2.C10H9BrN2O2.C7H7NO.C5H5BrN2.C5H7BrO3.C5H12N2/c1-12(22)6-7-13-16(17)21-14(18-13)4-3-5-15(21)20-10-8-19(2)9-11-20;1-3-22-15(21)13-14(16)20-11(17-13)5-4-6-12(20)19-9-7-18(2)8-10-19;1-16-5-7-17(8-6-16)12-4-2-3-11-15-10(9-19)13(14)18(11)12;1-2-16-10(15)8-9(12)14-6(11)4-3-5-7(14)13-8;1-2-15-10(14)7-6-13-8(11)4-3-5-9(13)12-7;1-6-3-2-4-8-7(6)5-9;6-4-2-1-3-5(7)8-4;1-2-9-5(8)4(7)3-6;1-7-4-2-6-3-5-7/h3-7H,8-11H2,1-2H3;4-6H,3,7-10H2,1-2H3;2-4,9H,5-8H2,1H3;3-5H,2H2,1H3;3-6H,2H2,1H3;2-5H,1H3;1-3H,(H2,7,8);2-3H2,1H3;6H,2-5H2,1H3/b7-6+;;;;;;;;. The summed E-state index contributed by atoms with van der Waals surface area (Å²) >= 11 is 12.6. The first-order chi connectivity index (χ1) is 61.0. The minimum atomic E-state index is -0.769. The molecule has 16 heterocycles. The fraction of sp³-hybridized carbons (Fsp3) is 0.360. The number of Topliss-reactive ketones (excluding diaryl/α,β-unsaturated/α-hetero) is 1. The van der Waals surface area contributed by atoms with E-state index in [1.165, 1.54) is 49.8 Å². The Morgan fingerprint density at radius 1 is 0.457 bits per heavy atom. The van der Waals surface area contributed by atoms with Gasteiger partial charge in [-0.3, -0.25) is 46.2 Å². The van der Waals surface area contributed by atoms with Crippen molar-refractivity contribution in [3.8, 4) is 0 Å². The highest BCUT2D eigenvalue weighted by atomic mass is 79.9. The Hall–Kier alpha value is -11.3.